The number of thioether (sulfide) groups is 2. The van der Waals surface area contributed by atoms with Crippen molar-refractivity contribution < 1.29 is 4.42 Å². The molecule has 0 atom stereocenters. The van der Waals surface area contributed by atoms with Crippen LogP contribution in [0.3, 0.4) is 0 Å². The second kappa shape index (κ2) is 7.07. The van der Waals surface area contributed by atoms with Gasteiger partial charge < -0.3 is 4.42 Å². The molecule has 0 N–H and O–H groups in total. The summed E-state index contributed by atoms with van der Waals surface area (Å²) in [5, 5.41) is 9.34. The van der Waals surface area contributed by atoms with E-state index in [1.54, 1.807) is 40.9 Å². The highest BCUT2D eigenvalue weighted by Crippen LogP contribution is 2.32. The van der Waals surface area contributed by atoms with Crippen LogP contribution in [0.5, 0.6) is 0 Å². The highest BCUT2D eigenvalue weighted by atomic mass is 32.2. The van der Waals surface area contributed by atoms with E-state index in [4.69, 9.17) is 4.42 Å². The first-order valence-electron chi connectivity index (χ1n) is 7.20. The maximum Gasteiger partial charge on any atom is 0.336 e. The van der Waals surface area contributed by atoms with E-state index in [0.29, 0.717) is 11.3 Å². The average molecular weight is 365 g/mol. The van der Waals surface area contributed by atoms with Crippen molar-refractivity contribution >= 4 is 45.8 Å². The van der Waals surface area contributed by atoms with Crippen LogP contribution in [0.1, 0.15) is 23.6 Å². The zero-order chi connectivity index (χ0) is 16.4. The molecule has 3 aromatic rings. The number of hydrogen-bond acceptors (Lipinski definition) is 7. The number of aryl methyl sites for hydroxylation is 2. The van der Waals surface area contributed by atoms with E-state index in [0.717, 1.165) is 36.5 Å². The number of nitrogens with zero attached hydrogens (tertiary/aromatic N) is 2. The zero-order valence-corrected chi connectivity index (χ0v) is 15.5. The van der Waals surface area contributed by atoms with Crippen molar-refractivity contribution in [2.75, 3.05) is 5.75 Å². The molecule has 0 fully saturated rings. The van der Waals surface area contributed by atoms with Crippen molar-refractivity contribution in [3.8, 4) is 0 Å². The summed E-state index contributed by atoms with van der Waals surface area (Å²) in [5.74, 6) is 1.67. The fourth-order valence-electron chi connectivity index (χ4n) is 2.22. The molecule has 4 nitrogen and oxygen atoms in total. The third-order valence-electron chi connectivity index (χ3n) is 3.52. The van der Waals surface area contributed by atoms with Crippen molar-refractivity contribution in [1.82, 2.24) is 10.2 Å². The van der Waals surface area contributed by atoms with Gasteiger partial charge in [-0.25, -0.2) is 4.79 Å². The molecule has 0 unspecified atom stereocenters. The molecular formula is C16H16N2O2S3. The standard InChI is InChI=1S/C16H16N2O2S3/c1-4-21-15-17-18-16(23-15)22-8-11-7-13(19)20-14-10(3)9(2)5-6-12(11)14/h5-7H,4,8H2,1-3H3. The lowest BCUT2D eigenvalue weighted by Crippen LogP contribution is -2.01. The summed E-state index contributed by atoms with van der Waals surface area (Å²) in [5.41, 5.74) is 3.50. The second-order valence-corrected chi connectivity index (χ2v) is 8.74. The first-order valence-corrected chi connectivity index (χ1v) is 9.99. The Morgan fingerprint density at radius 3 is 2.65 bits per heavy atom. The number of benzene rings is 1. The molecule has 0 aliphatic carbocycles. The highest BCUT2D eigenvalue weighted by molar-refractivity contribution is 8.02. The summed E-state index contributed by atoms with van der Waals surface area (Å²) in [6, 6.07) is 5.66. The second-order valence-electron chi connectivity index (χ2n) is 5.03. The molecule has 0 bridgehead atoms. The molecule has 0 aliphatic heterocycles. The molecule has 0 aliphatic rings. The third-order valence-corrected chi connectivity index (χ3v) is 6.65. The average Bonchev–Trinajstić information content (AvgIpc) is 2.97. The van der Waals surface area contributed by atoms with E-state index in [1.165, 1.54) is 0 Å². The van der Waals surface area contributed by atoms with Crippen molar-refractivity contribution in [1.29, 1.82) is 0 Å². The summed E-state index contributed by atoms with van der Waals surface area (Å²) in [6.45, 7) is 6.10. The van der Waals surface area contributed by atoms with Gasteiger partial charge in [-0.1, -0.05) is 53.9 Å². The van der Waals surface area contributed by atoms with Gasteiger partial charge in [0, 0.05) is 17.2 Å². The lowest BCUT2D eigenvalue weighted by Gasteiger charge is -2.08. The van der Waals surface area contributed by atoms with Crippen LogP contribution >= 0.6 is 34.9 Å². The van der Waals surface area contributed by atoms with E-state index >= 15 is 0 Å². The van der Waals surface area contributed by atoms with E-state index < -0.39 is 0 Å². The quantitative estimate of drug-likeness (QED) is 0.484. The van der Waals surface area contributed by atoms with Crippen LogP contribution in [0, 0.1) is 13.8 Å². The Kier molecular flexibility index (Phi) is 5.08. The molecule has 0 amide bonds. The Hall–Kier alpha value is -1.31. The maximum atomic E-state index is 11.9. The summed E-state index contributed by atoms with van der Waals surface area (Å²) in [6.07, 6.45) is 0. The van der Waals surface area contributed by atoms with Crippen molar-refractivity contribution in [2.45, 2.75) is 35.2 Å². The lowest BCUT2D eigenvalue weighted by atomic mass is 10.0. The fourth-order valence-corrected chi connectivity index (χ4v) is 5.13. The topological polar surface area (TPSA) is 56.0 Å². The molecule has 2 heterocycles. The normalized spacial score (nSPS) is 11.3. The Morgan fingerprint density at radius 2 is 1.91 bits per heavy atom. The van der Waals surface area contributed by atoms with Gasteiger partial charge in [-0.15, -0.1) is 10.2 Å². The minimum atomic E-state index is -0.304. The molecule has 1 aromatic carbocycles. The molecule has 0 radical (unpaired) electrons. The van der Waals surface area contributed by atoms with E-state index in [1.807, 2.05) is 19.9 Å². The predicted octanol–water partition coefficient (Wildman–Crippen LogP) is 4.67. The summed E-state index contributed by atoms with van der Waals surface area (Å²) in [4.78, 5) is 11.9. The van der Waals surface area contributed by atoms with Gasteiger partial charge in [0.2, 0.25) is 0 Å². The van der Waals surface area contributed by atoms with Crippen molar-refractivity contribution in [3.63, 3.8) is 0 Å². The molecule has 0 spiro atoms. The minimum absolute atomic E-state index is 0.304. The van der Waals surface area contributed by atoms with Crippen LogP contribution in [-0.4, -0.2) is 16.0 Å². The van der Waals surface area contributed by atoms with Crippen LogP contribution in [0.2, 0.25) is 0 Å². The Labute approximate surface area is 146 Å². The summed E-state index contributed by atoms with van der Waals surface area (Å²) >= 11 is 4.89. The fraction of sp³-hybridized carbons (Fsp3) is 0.312. The number of aromatic nitrogens is 2. The van der Waals surface area contributed by atoms with E-state index in [-0.39, 0.29) is 5.63 Å². The van der Waals surface area contributed by atoms with Crippen molar-refractivity contribution in [3.05, 3.63) is 45.3 Å². The summed E-state index contributed by atoms with van der Waals surface area (Å²) in [7, 11) is 0. The smallest absolute Gasteiger partial charge is 0.336 e. The van der Waals surface area contributed by atoms with Crippen LogP contribution in [-0.2, 0) is 5.75 Å². The molecule has 3 rings (SSSR count). The molecule has 0 saturated heterocycles. The number of hydrogen-bond donors (Lipinski definition) is 0. The van der Waals surface area contributed by atoms with Crippen molar-refractivity contribution in [2.24, 2.45) is 0 Å². The first-order chi connectivity index (χ1) is 11.1. The van der Waals surface area contributed by atoms with Gasteiger partial charge >= 0.3 is 5.63 Å². The van der Waals surface area contributed by atoms with E-state index in [9.17, 15) is 4.79 Å². The van der Waals surface area contributed by atoms with E-state index in [2.05, 4.69) is 23.2 Å². The highest BCUT2D eigenvalue weighted by Gasteiger charge is 2.11. The van der Waals surface area contributed by atoms with Gasteiger partial charge in [-0.2, -0.15) is 0 Å². The maximum absolute atomic E-state index is 11.9. The molecule has 7 heteroatoms. The Bertz CT molecular complexity index is 902. The van der Waals surface area contributed by atoms with Gasteiger partial charge in [-0.3, -0.25) is 0 Å². The van der Waals surface area contributed by atoms with Gasteiger partial charge in [0.1, 0.15) is 5.58 Å². The van der Waals surface area contributed by atoms with Crippen LogP contribution in [0.15, 0.2) is 36.1 Å². The van der Waals surface area contributed by atoms with Gasteiger partial charge in [0.05, 0.1) is 0 Å². The largest absolute Gasteiger partial charge is 0.422 e. The summed E-state index contributed by atoms with van der Waals surface area (Å²) < 4.78 is 7.32. The van der Waals surface area contributed by atoms with Gasteiger partial charge in [0.25, 0.3) is 0 Å². The predicted molar refractivity (Wildman–Crippen MR) is 97.8 cm³/mol. The molecular weight excluding hydrogens is 348 g/mol. The SMILES string of the molecule is CCSc1nnc(SCc2cc(=O)oc3c(C)c(C)ccc23)s1. The molecule has 120 valence electrons. The van der Waals surface area contributed by atoms with Crippen LogP contribution in [0.4, 0.5) is 0 Å². The molecule has 23 heavy (non-hydrogen) atoms. The zero-order valence-electron chi connectivity index (χ0n) is 13.1. The number of fused-ring (bicyclic) bond motifs is 1. The third kappa shape index (κ3) is 3.62. The Balaban J connectivity index is 1.90. The van der Waals surface area contributed by atoms with Gasteiger partial charge in [0.15, 0.2) is 8.68 Å². The monoisotopic (exact) mass is 364 g/mol. The number of rotatable bonds is 5. The lowest BCUT2D eigenvalue weighted by molar-refractivity contribution is 0.557. The van der Waals surface area contributed by atoms with Crippen LogP contribution < -0.4 is 5.63 Å². The van der Waals surface area contributed by atoms with Crippen LogP contribution in [0.25, 0.3) is 11.0 Å². The van der Waals surface area contributed by atoms with Gasteiger partial charge in [-0.05, 0) is 36.3 Å². The minimum Gasteiger partial charge on any atom is -0.422 e. The first kappa shape index (κ1) is 16.5. The molecule has 2 aromatic heterocycles. The molecule has 0 saturated carbocycles. The Morgan fingerprint density at radius 1 is 1.17 bits per heavy atom.